The summed E-state index contributed by atoms with van der Waals surface area (Å²) in [7, 11) is 0. The number of carbonyl (C=O) groups excluding carboxylic acids is 1. The van der Waals surface area contributed by atoms with Crippen LogP contribution in [0.1, 0.15) is 27.3 Å². The van der Waals surface area contributed by atoms with Gasteiger partial charge in [0.05, 0.1) is 6.21 Å². The molecular weight excluding hydrogens is 300 g/mol. The average Bonchev–Trinajstić information content (AvgIpc) is 2.94. The van der Waals surface area contributed by atoms with Crippen LogP contribution in [-0.2, 0) is 0 Å². The molecule has 0 bridgehead atoms. The number of benzene rings is 1. The van der Waals surface area contributed by atoms with Gasteiger partial charge in [0.15, 0.2) is 0 Å². The molecule has 1 aromatic carbocycles. The van der Waals surface area contributed by atoms with Gasteiger partial charge in [-0.15, -0.1) is 0 Å². The summed E-state index contributed by atoms with van der Waals surface area (Å²) in [4.78, 5) is 16.1. The zero-order chi connectivity index (χ0) is 16.9. The molecule has 0 atom stereocenters. The largest absolute Gasteiger partial charge is 0.319 e. The lowest BCUT2D eigenvalue weighted by molar-refractivity contribution is 0.0955. The maximum atomic E-state index is 12.1. The maximum Gasteiger partial charge on any atom is 0.271 e. The number of rotatable bonds is 4. The summed E-state index contributed by atoms with van der Waals surface area (Å²) in [5.74, 6) is -0.248. The first-order valence-electron chi connectivity index (χ1n) is 7.64. The van der Waals surface area contributed by atoms with E-state index in [0.717, 1.165) is 22.6 Å². The minimum Gasteiger partial charge on any atom is -0.319 e. The summed E-state index contributed by atoms with van der Waals surface area (Å²) in [5.41, 5.74) is 7.25. The zero-order valence-corrected chi connectivity index (χ0v) is 13.6. The Hall–Kier alpha value is -3.21. The summed E-state index contributed by atoms with van der Waals surface area (Å²) < 4.78 is 2.14. The second-order valence-corrected chi connectivity index (χ2v) is 5.48. The smallest absolute Gasteiger partial charge is 0.271 e. The van der Waals surface area contributed by atoms with Crippen molar-refractivity contribution in [3.63, 3.8) is 0 Å². The Labute approximate surface area is 140 Å². The van der Waals surface area contributed by atoms with Crippen LogP contribution >= 0.6 is 0 Å². The Morgan fingerprint density at radius 3 is 2.42 bits per heavy atom. The monoisotopic (exact) mass is 318 g/mol. The van der Waals surface area contributed by atoms with Crippen LogP contribution in [0, 0.1) is 13.8 Å². The van der Waals surface area contributed by atoms with Crippen molar-refractivity contribution in [2.45, 2.75) is 13.8 Å². The van der Waals surface area contributed by atoms with Crippen molar-refractivity contribution in [1.29, 1.82) is 0 Å². The van der Waals surface area contributed by atoms with Gasteiger partial charge in [0.2, 0.25) is 0 Å². The number of hydrogen-bond acceptors (Lipinski definition) is 3. The Morgan fingerprint density at radius 2 is 1.79 bits per heavy atom. The van der Waals surface area contributed by atoms with Crippen molar-refractivity contribution in [3.8, 4) is 5.69 Å². The molecular formula is C19H18N4O. The molecule has 3 rings (SSSR count). The number of carbonyl (C=O) groups is 1. The molecule has 24 heavy (non-hydrogen) atoms. The van der Waals surface area contributed by atoms with E-state index in [4.69, 9.17) is 0 Å². The standard InChI is InChI=1S/C19H18N4O/c1-14-5-6-15(2)23(14)18-9-7-17(8-10-18)19(24)22-21-13-16-4-3-11-20-12-16/h3-13H,1-2H3,(H,22,24). The summed E-state index contributed by atoms with van der Waals surface area (Å²) in [5, 5.41) is 3.95. The fourth-order valence-corrected chi connectivity index (χ4v) is 2.52. The maximum absolute atomic E-state index is 12.1. The molecule has 2 heterocycles. The van der Waals surface area contributed by atoms with E-state index in [2.05, 4.69) is 46.1 Å². The molecule has 5 nitrogen and oxygen atoms in total. The number of hydrazone groups is 1. The third-order valence-corrected chi connectivity index (χ3v) is 3.72. The van der Waals surface area contributed by atoms with E-state index in [0.29, 0.717) is 5.56 Å². The van der Waals surface area contributed by atoms with Gasteiger partial charge in [-0.1, -0.05) is 6.07 Å². The number of nitrogens with one attached hydrogen (secondary N) is 1. The molecule has 120 valence electrons. The van der Waals surface area contributed by atoms with Crippen LogP contribution in [0.4, 0.5) is 0 Å². The van der Waals surface area contributed by atoms with Gasteiger partial charge in [-0.05, 0) is 56.3 Å². The number of pyridine rings is 1. The van der Waals surface area contributed by atoms with Gasteiger partial charge in [-0.2, -0.15) is 5.10 Å². The average molecular weight is 318 g/mol. The molecule has 0 aliphatic carbocycles. The van der Waals surface area contributed by atoms with Crippen LogP contribution in [0.2, 0.25) is 0 Å². The normalized spacial score (nSPS) is 10.9. The van der Waals surface area contributed by atoms with Crippen LogP contribution in [-0.4, -0.2) is 21.7 Å². The summed E-state index contributed by atoms with van der Waals surface area (Å²) in [6.07, 6.45) is 4.92. The molecule has 0 radical (unpaired) electrons. The lowest BCUT2D eigenvalue weighted by atomic mass is 10.2. The minimum atomic E-state index is -0.248. The zero-order valence-electron chi connectivity index (χ0n) is 13.6. The molecule has 0 aliphatic rings. The van der Waals surface area contributed by atoms with E-state index in [-0.39, 0.29) is 5.91 Å². The van der Waals surface area contributed by atoms with E-state index in [1.807, 2.05) is 24.3 Å². The molecule has 0 spiro atoms. The number of aromatic nitrogens is 2. The van der Waals surface area contributed by atoms with Crippen LogP contribution in [0.3, 0.4) is 0 Å². The van der Waals surface area contributed by atoms with E-state index in [1.54, 1.807) is 30.7 Å². The van der Waals surface area contributed by atoms with Gasteiger partial charge in [0, 0.05) is 40.6 Å². The Balaban J connectivity index is 1.69. The SMILES string of the molecule is Cc1ccc(C)n1-c1ccc(C(=O)NN=Cc2cccnc2)cc1. The van der Waals surface area contributed by atoms with E-state index >= 15 is 0 Å². The van der Waals surface area contributed by atoms with Gasteiger partial charge in [0.1, 0.15) is 0 Å². The predicted octanol–water partition coefficient (Wildman–Crippen LogP) is 3.25. The van der Waals surface area contributed by atoms with E-state index < -0.39 is 0 Å². The molecule has 1 N–H and O–H groups in total. The van der Waals surface area contributed by atoms with Crippen molar-refractivity contribution in [3.05, 3.63) is 83.4 Å². The van der Waals surface area contributed by atoms with E-state index in [9.17, 15) is 4.79 Å². The number of hydrogen-bond donors (Lipinski definition) is 1. The molecule has 1 amide bonds. The number of aryl methyl sites for hydroxylation is 2. The van der Waals surface area contributed by atoms with Gasteiger partial charge in [0.25, 0.3) is 5.91 Å². The summed E-state index contributed by atoms with van der Waals surface area (Å²) in [6, 6.07) is 15.3. The van der Waals surface area contributed by atoms with Crippen LogP contribution in [0.25, 0.3) is 5.69 Å². The highest BCUT2D eigenvalue weighted by atomic mass is 16.2. The van der Waals surface area contributed by atoms with Crippen LogP contribution in [0.5, 0.6) is 0 Å². The molecule has 5 heteroatoms. The first-order chi connectivity index (χ1) is 11.6. The number of amides is 1. The lowest BCUT2D eigenvalue weighted by Crippen LogP contribution is -2.17. The fourth-order valence-electron chi connectivity index (χ4n) is 2.52. The van der Waals surface area contributed by atoms with Crippen molar-refractivity contribution in [2.75, 3.05) is 0 Å². The minimum absolute atomic E-state index is 0.248. The Bertz CT molecular complexity index is 845. The van der Waals surface area contributed by atoms with Crippen molar-refractivity contribution >= 4 is 12.1 Å². The quantitative estimate of drug-likeness (QED) is 0.593. The predicted molar refractivity (Wildman–Crippen MR) is 94.5 cm³/mol. The highest BCUT2D eigenvalue weighted by molar-refractivity contribution is 5.95. The van der Waals surface area contributed by atoms with Crippen molar-refractivity contribution < 1.29 is 4.79 Å². The molecule has 0 saturated heterocycles. The van der Waals surface area contributed by atoms with Crippen molar-refractivity contribution in [1.82, 2.24) is 15.0 Å². The highest BCUT2D eigenvalue weighted by Crippen LogP contribution is 2.16. The first-order valence-corrected chi connectivity index (χ1v) is 7.64. The Kier molecular flexibility index (Phi) is 4.52. The fraction of sp³-hybridized carbons (Fsp3) is 0.105. The highest BCUT2D eigenvalue weighted by Gasteiger charge is 2.07. The summed E-state index contributed by atoms with van der Waals surface area (Å²) in [6.45, 7) is 4.11. The van der Waals surface area contributed by atoms with Crippen molar-refractivity contribution in [2.24, 2.45) is 5.10 Å². The molecule has 0 unspecified atom stereocenters. The number of nitrogens with zero attached hydrogens (tertiary/aromatic N) is 3. The Morgan fingerprint density at radius 1 is 1.08 bits per heavy atom. The summed E-state index contributed by atoms with van der Waals surface area (Å²) >= 11 is 0. The molecule has 0 aliphatic heterocycles. The molecule has 3 aromatic rings. The third-order valence-electron chi connectivity index (χ3n) is 3.72. The topological polar surface area (TPSA) is 59.3 Å². The lowest BCUT2D eigenvalue weighted by Gasteiger charge is -2.10. The van der Waals surface area contributed by atoms with Gasteiger partial charge in [-0.25, -0.2) is 5.43 Å². The molecule has 0 saturated carbocycles. The first kappa shape index (κ1) is 15.7. The van der Waals surface area contributed by atoms with Gasteiger partial charge in [-0.3, -0.25) is 9.78 Å². The second-order valence-electron chi connectivity index (χ2n) is 5.48. The third kappa shape index (κ3) is 3.41. The molecule has 0 fully saturated rings. The van der Waals surface area contributed by atoms with Crippen LogP contribution in [0.15, 0.2) is 66.0 Å². The van der Waals surface area contributed by atoms with Gasteiger partial charge >= 0.3 is 0 Å². The molecule has 2 aromatic heterocycles. The second kappa shape index (κ2) is 6.91. The van der Waals surface area contributed by atoms with E-state index in [1.165, 1.54) is 0 Å². The van der Waals surface area contributed by atoms with Crippen LogP contribution < -0.4 is 5.43 Å². The van der Waals surface area contributed by atoms with Gasteiger partial charge < -0.3 is 4.57 Å².